The van der Waals surface area contributed by atoms with Crippen LogP contribution in [0.25, 0.3) is 0 Å². The molecule has 0 unspecified atom stereocenters. The largest absolute Gasteiger partial charge is 0.497 e. The summed E-state index contributed by atoms with van der Waals surface area (Å²) in [7, 11) is 1.56. The summed E-state index contributed by atoms with van der Waals surface area (Å²) >= 11 is 6.21. The van der Waals surface area contributed by atoms with Crippen molar-refractivity contribution in [2.24, 2.45) is 5.92 Å². The molecule has 2 aliphatic rings. The number of rotatable bonds is 3. The Bertz CT molecular complexity index is 669. The maximum Gasteiger partial charge on any atom is 0.283 e. The molecule has 0 spiro atoms. The standard InChI is InChI=1S/C17H19ClN2O3/c1-11-4-3-9-19(10-11)15-14(18)16(21)20(17(15)22)12-5-7-13(23-2)8-6-12/h5-8,11H,3-4,9-10H2,1-2H3/t11-/m0/s1. The summed E-state index contributed by atoms with van der Waals surface area (Å²) in [4.78, 5) is 28.3. The number of amides is 2. The first-order valence-corrected chi connectivity index (χ1v) is 8.08. The fraction of sp³-hybridized carbons (Fsp3) is 0.412. The molecule has 0 saturated carbocycles. The van der Waals surface area contributed by atoms with Gasteiger partial charge >= 0.3 is 0 Å². The molecule has 1 aromatic carbocycles. The molecule has 0 bridgehead atoms. The number of carbonyl (C=O) groups excluding carboxylic acids is 2. The van der Waals surface area contributed by atoms with Gasteiger partial charge in [-0.3, -0.25) is 9.59 Å². The number of anilines is 1. The van der Waals surface area contributed by atoms with Crippen molar-refractivity contribution in [3.63, 3.8) is 0 Å². The van der Waals surface area contributed by atoms with Crippen LogP contribution in [0.1, 0.15) is 19.8 Å². The zero-order valence-corrected chi connectivity index (χ0v) is 14.0. The SMILES string of the molecule is COc1ccc(N2C(=O)C(Cl)=C(N3CCC[C@H](C)C3)C2=O)cc1. The molecule has 2 aliphatic heterocycles. The second-order valence-electron chi connectivity index (χ2n) is 6.00. The summed E-state index contributed by atoms with van der Waals surface area (Å²) in [6.45, 7) is 3.65. The average Bonchev–Trinajstić information content (AvgIpc) is 2.77. The van der Waals surface area contributed by atoms with Gasteiger partial charge in [0.05, 0.1) is 12.8 Å². The number of halogens is 1. The summed E-state index contributed by atoms with van der Waals surface area (Å²) in [6, 6.07) is 6.79. The van der Waals surface area contributed by atoms with Gasteiger partial charge < -0.3 is 9.64 Å². The molecule has 5 nitrogen and oxygen atoms in total. The van der Waals surface area contributed by atoms with E-state index in [2.05, 4.69) is 6.92 Å². The maximum atomic E-state index is 12.8. The first kappa shape index (κ1) is 15.9. The predicted molar refractivity (Wildman–Crippen MR) is 88.3 cm³/mol. The lowest BCUT2D eigenvalue weighted by Crippen LogP contribution is -2.39. The molecule has 0 aliphatic carbocycles. The summed E-state index contributed by atoms with van der Waals surface area (Å²) in [5.41, 5.74) is 0.832. The lowest BCUT2D eigenvalue weighted by Gasteiger charge is -2.33. The van der Waals surface area contributed by atoms with Crippen molar-refractivity contribution in [3.8, 4) is 5.75 Å². The van der Waals surface area contributed by atoms with Crippen molar-refractivity contribution >= 4 is 29.1 Å². The Morgan fingerprint density at radius 1 is 1.17 bits per heavy atom. The van der Waals surface area contributed by atoms with Gasteiger partial charge in [-0.15, -0.1) is 0 Å². The number of ether oxygens (including phenoxy) is 1. The highest BCUT2D eigenvalue weighted by molar-refractivity contribution is 6.52. The number of imide groups is 1. The van der Waals surface area contributed by atoms with Gasteiger partial charge in [0.15, 0.2) is 0 Å². The van der Waals surface area contributed by atoms with Crippen LogP contribution in [0.3, 0.4) is 0 Å². The minimum atomic E-state index is -0.463. The van der Waals surface area contributed by atoms with Gasteiger partial charge in [-0.05, 0) is 43.0 Å². The van der Waals surface area contributed by atoms with Gasteiger partial charge in [0.2, 0.25) is 0 Å². The predicted octanol–water partition coefficient (Wildman–Crippen LogP) is 2.75. The number of methoxy groups -OCH3 is 1. The minimum absolute atomic E-state index is 0.0138. The minimum Gasteiger partial charge on any atom is -0.497 e. The normalized spacial score (nSPS) is 22.1. The maximum absolute atomic E-state index is 12.8. The second-order valence-corrected chi connectivity index (χ2v) is 6.38. The molecular weight excluding hydrogens is 316 g/mol. The van der Waals surface area contributed by atoms with Crippen LogP contribution in [0.5, 0.6) is 5.75 Å². The number of nitrogens with zero attached hydrogens (tertiary/aromatic N) is 2. The van der Waals surface area contributed by atoms with Crippen LogP contribution in [0, 0.1) is 5.92 Å². The fourth-order valence-corrected chi connectivity index (χ4v) is 3.41. The Labute approximate surface area is 140 Å². The molecule has 122 valence electrons. The number of piperidine rings is 1. The molecule has 6 heteroatoms. The average molecular weight is 335 g/mol. The molecule has 0 radical (unpaired) electrons. The van der Waals surface area contributed by atoms with Crippen LogP contribution in [-0.4, -0.2) is 36.9 Å². The molecule has 1 atom stereocenters. The Balaban J connectivity index is 1.88. The lowest BCUT2D eigenvalue weighted by atomic mass is 10.00. The van der Waals surface area contributed by atoms with Crippen LogP contribution in [0.2, 0.25) is 0 Å². The molecule has 2 amide bonds. The van der Waals surface area contributed by atoms with Crippen molar-refractivity contribution in [3.05, 3.63) is 35.0 Å². The second kappa shape index (κ2) is 6.24. The molecule has 23 heavy (non-hydrogen) atoms. The molecule has 1 saturated heterocycles. The van der Waals surface area contributed by atoms with Crippen LogP contribution in [-0.2, 0) is 9.59 Å². The third-order valence-electron chi connectivity index (χ3n) is 4.31. The van der Waals surface area contributed by atoms with E-state index in [0.717, 1.165) is 30.8 Å². The topological polar surface area (TPSA) is 49.9 Å². The molecule has 1 fully saturated rings. The van der Waals surface area contributed by atoms with Crippen molar-refractivity contribution in [1.29, 1.82) is 0 Å². The number of hydrogen-bond donors (Lipinski definition) is 0. The fourth-order valence-electron chi connectivity index (χ4n) is 3.12. The monoisotopic (exact) mass is 334 g/mol. The molecule has 2 heterocycles. The summed E-state index contributed by atoms with van der Waals surface area (Å²) in [6.07, 6.45) is 2.13. The number of benzene rings is 1. The van der Waals surface area contributed by atoms with Crippen molar-refractivity contribution in [1.82, 2.24) is 4.90 Å². The van der Waals surface area contributed by atoms with Gasteiger partial charge in [-0.1, -0.05) is 18.5 Å². The summed E-state index contributed by atoms with van der Waals surface area (Å²) in [5.74, 6) is 0.338. The Hall–Kier alpha value is -2.01. The van der Waals surface area contributed by atoms with Crippen LogP contribution >= 0.6 is 11.6 Å². The molecular formula is C17H19ClN2O3. The van der Waals surface area contributed by atoms with Gasteiger partial charge in [0.25, 0.3) is 11.8 Å². The third-order valence-corrected chi connectivity index (χ3v) is 4.65. The van der Waals surface area contributed by atoms with E-state index in [1.807, 2.05) is 4.90 Å². The highest BCUT2D eigenvalue weighted by atomic mass is 35.5. The Morgan fingerprint density at radius 2 is 1.87 bits per heavy atom. The molecule has 3 rings (SSSR count). The van der Waals surface area contributed by atoms with Gasteiger partial charge in [0.1, 0.15) is 16.5 Å². The van der Waals surface area contributed by atoms with Crippen molar-refractivity contribution in [2.75, 3.05) is 25.1 Å². The smallest absolute Gasteiger partial charge is 0.283 e. The van der Waals surface area contributed by atoms with Gasteiger partial charge in [-0.25, -0.2) is 4.90 Å². The Kier molecular flexibility index (Phi) is 4.31. The number of hydrogen-bond acceptors (Lipinski definition) is 4. The van der Waals surface area contributed by atoms with Crippen molar-refractivity contribution < 1.29 is 14.3 Å². The highest BCUT2D eigenvalue weighted by Crippen LogP contribution is 2.33. The first-order valence-electron chi connectivity index (χ1n) is 7.70. The highest BCUT2D eigenvalue weighted by Gasteiger charge is 2.41. The van der Waals surface area contributed by atoms with Crippen LogP contribution in [0.4, 0.5) is 5.69 Å². The van der Waals surface area contributed by atoms with Crippen LogP contribution < -0.4 is 9.64 Å². The first-order chi connectivity index (χ1) is 11.0. The van der Waals surface area contributed by atoms with E-state index in [9.17, 15) is 9.59 Å². The third kappa shape index (κ3) is 2.81. The van der Waals surface area contributed by atoms with E-state index >= 15 is 0 Å². The van der Waals surface area contributed by atoms with E-state index in [0.29, 0.717) is 23.1 Å². The van der Waals surface area contributed by atoms with E-state index in [4.69, 9.17) is 16.3 Å². The molecule has 0 aromatic heterocycles. The quantitative estimate of drug-likeness (QED) is 0.798. The van der Waals surface area contributed by atoms with Gasteiger partial charge in [0, 0.05) is 13.1 Å². The molecule has 0 N–H and O–H groups in total. The number of likely N-dealkylation sites (tertiary alicyclic amines) is 1. The van der Waals surface area contributed by atoms with E-state index in [-0.39, 0.29) is 10.9 Å². The van der Waals surface area contributed by atoms with E-state index in [1.165, 1.54) is 0 Å². The van der Waals surface area contributed by atoms with Gasteiger partial charge in [-0.2, -0.15) is 0 Å². The Morgan fingerprint density at radius 3 is 2.48 bits per heavy atom. The van der Waals surface area contributed by atoms with E-state index in [1.54, 1.807) is 31.4 Å². The molecule has 1 aromatic rings. The summed E-state index contributed by atoms with van der Waals surface area (Å²) < 4.78 is 5.10. The van der Waals surface area contributed by atoms with Crippen LogP contribution in [0.15, 0.2) is 35.0 Å². The zero-order chi connectivity index (χ0) is 16.6. The summed E-state index contributed by atoms with van der Waals surface area (Å²) in [5, 5.41) is 0.0138. The zero-order valence-electron chi connectivity index (χ0n) is 13.2. The lowest BCUT2D eigenvalue weighted by molar-refractivity contribution is -0.121. The van der Waals surface area contributed by atoms with Crippen molar-refractivity contribution in [2.45, 2.75) is 19.8 Å². The van der Waals surface area contributed by atoms with E-state index < -0.39 is 5.91 Å². The number of carbonyl (C=O) groups is 2.